The van der Waals surface area contributed by atoms with Crippen molar-refractivity contribution < 1.29 is 18.9 Å². The van der Waals surface area contributed by atoms with Crippen molar-refractivity contribution in [2.75, 3.05) is 10.6 Å². The van der Waals surface area contributed by atoms with Crippen molar-refractivity contribution in [2.45, 2.75) is 6.92 Å². The molecule has 0 aliphatic rings. The van der Waals surface area contributed by atoms with Gasteiger partial charge < -0.3 is 15.1 Å². The number of nitrogens with zero attached hydrogens (tertiary/aromatic N) is 1. The number of furan rings is 1. The minimum absolute atomic E-state index is 0.0681. The van der Waals surface area contributed by atoms with E-state index in [0.717, 1.165) is 5.56 Å². The van der Waals surface area contributed by atoms with E-state index in [1.807, 2.05) is 19.1 Å². The van der Waals surface area contributed by atoms with Gasteiger partial charge in [0.2, 0.25) is 5.76 Å². The van der Waals surface area contributed by atoms with Crippen molar-refractivity contribution in [2.24, 2.45) is 0 Å². The van der Waals surface area contributed by atoms with Crippen molar-refractivity contribution in [1.29, 1.82) is 0 Å². The molecule has 8 nitrogen and oxygen atoms in total. The summed E-state index contributed by atoms with van der Waals surface area (Å²) in [5, 5.41) is 16.8. The molecule has 0 atom stereocenters. The van der Waals surface area contributed by atoms with Crippen LogP contribution in [0.25, 0.3) is 11.0 Å². The molecule has 0 unspecified atom stereocenters. The van der Waals surface area contributed by atoms with Crippen LogP contribution in [-0.4, -0.2) is 16.7 Å². The van der Waals surface area contributed by atoms with Gasteiger partial charge in [-0.2, -0.15) is 0 Å². The summed E-state index contributed by atoms with van der Waals surface area (Å²) in [4.78, 5) is 36.1. The number of benzene rings is 3. The second-order valence-corrected chi connectivity index (χ2v) is 6.83. The van der Waals surface area contributed by atoms with Crippen molar-refractivity contribution in [3.05, 3.63) is 99.8 Å². The number of rotatable bonds is 5. The lowest BCUT2D eigenvalue weighted by Gasteiger charge is -2.09. The van der Waals surface area contributed by atoms with Gasteiger partial charge in [-0.05, 0) is 42.8 Å². The standard InChI is InChI=1S/C23H17N3O5/c1-14-6-2-3-7-17(14)22(27)25-20-18-8-4-5-9-19(18)31-21(20)23(28)24-15-10-12-16(13-11-15)26(29)30/h2-13H,1H3,(H,24,28)(H,25,27). The second-order valence-electron chi connectivity index (χ2n) is 6.83. The van der Waals surface area contributed by atoms with Gasteiger partial charge in [0.05, 0.1) is 4.92 Å². The summed E-state index contributed by atoms with van der Waals surface area (Å²) in [6, 6.07) is 19.5. The SMILES string of the molecule is Cc1ccccc1C(=O)Nc1c(C(=O)Nc2ccc([N+](=O)[O-])cc2)oc2ccccc12. The summed E-state index contributed by atoms with van der Waals surface area (Å²) in [5.74, 6) is -1.03. The van der Waals surface area contributed by atoms with E-state index in [0.29, 0.717) is 22.2 Å². The van der Waals surface area contributed by atoms with Gasteiger partial charge in [-0.15, -0.1) is 0 Å². The first kappa shape index (κ1) is 19.8. The normalized spacial score (nSPS) is 10.6. The molecule has 0 saturated heterocycles. The van der Waals surface area contributed by atoms with Crippen molar-refractivity contribution in [3.63, 3.8) is 0 Å². The third-order valence-corrected chi connectivity index (χ3v) is 4.77. The first-order chi connectivity index (χ1) is 14.9. The fourth-order valence-corrected chi connectivity index (χ4v) is 3.19. The van der Waals surface area contributed by atoms with E-state index in [1.165, 1.54) is 24.3 Å². The second kappa shape index (κ2) is 8.11. The Hall–Kier alpha value is -4.46. The highest BCUT2D eigenvalue weighted by molar-refractivity contribution is 6.17. The highest BCUT2D eigenvalue weighted by Crippen LogP contribution is 2.32. The van der Waals surface area contributed by atoms with Crippen LogP contribution in [0.3, 0.4) is 0 Å². The van der Waals surface area contributed by atoms with Crippen LogP contribution in [0.15, 0.2) is 77.2 Å². The number of nitro groups is 1. The van der Waals surface area contributed by atoms with Crippen molar-refractivity contribution >= 4 is 39.8 Å². The maximum Gasteiger partial charge on any atom is 0.293 e. The van der Waals surface area contributed by atoms with Gasteiger partial charge in [-0.1, -0.05) is 30.3 Å². The lowest BCUT2D eigenvalue weighted by atomic mass is 10.1. The number of non-ortho nitro benzene ring substituents is 1. The number of hydrogen-bond acceptors (Lipinski definition) is 5. The molecule has 0 aliphatic carbocycles. The zero-order valence-electron chi connectivity index (χ0n) is 16.4. The molecule has 0 spiro atoms. The number of nitrogens with one attached hydrogen (secondary N) is 2. The fourth-order valence-electron chi connectivity index (χ4n) is 3.19. The average Bonchev–Trinajstić information content (AvgIpc) is 3.13. The quantitative estimate of drug-likeness (QED) is 0.345. The number of aryl methyl sites for hydroxylation is 1. The molecule has 0 aliphatic heterocycles. The molecule has 4 rings (SSSR count). The topological polar surface area (TPSA) is 114 Å². The first-order valence-electron chi connectivity index (χ1n) is 9.38. The van der Waals surface area contributed by atoms with E-state index < -0.39 is 10.8 Å². The van der Waals surface area contributed by atoms with Crippen molar-refractivity contribution in [3.8, 4) is 0 Å². The molecular formula is C23H17N3O5. The molecule has 0 saturated carbocycles. The van der Waals surface area contributed by atoms with Gasteiger partial charge in [0.1, 0.15) is 11.3 Å². The molecule has 1 heterocycles. The molecule has 0 fully saturated rings. The number of anilines is 2. The minimum atomic E-state index is -0.592. The molecule has 3 aromatic carbocycles. The third kappa shape index (κ3) is 3.99. The Morgan fingerprint density at radius 1 is 0.871 bits per heavy atom. The Morgan fingerprint density at radius 3 is 2.26 bits per heavy atom. The number of carbonyl (C=O) groups is 2. The molecule has 8 heteroatoms. The predicted octanol–water partition coefficient (Wildman–Crippen LogP) is 5.15. The Bertz CT molecular complexity index is 1310. The Kier molecular flexibility index (Phi) is 5.19. The van der Waals surface area contributed by atoms with E-state index >= 15 is 0 Å². The molecule has 0 bridgehead atoms. The number of carbonyl (C=O) groups excluding carboxylic acids is 2. The zero-order valence-corrected chi connectivity index (χ0v) is 16.4. The molecule has 2 amide bonds. The lowest BCUT2D eigenvalue weighted by molar-refractivity contribution is -0.384. The van der Waals surface area contributed by atoms with Gasteiger partial charge in [-0.3, -0.25) is 19.7 Å². The Labute approximate surface area is 176 Å². The molecule has 2 N–H and O–H groups in total. The van der Waals surface area contributed by atoms with Crippen LogP contribution >= 0.6 is 0 Å². The van der Waals surface area contributed by atoms with Gasteiger partial charge in [0, 0.05) is 28.8 Å². The van der Waals surface area contributed by atoms with Crippen LogP contribution in [0, 0.1) is 17.0 Å². The monoisotopic (exact) mass is 415 g/mol. The smallest absolute Gasteiger partial charge is 0.293 e. The highest BCUT2D eigenvalue weighted by atomic mass is 16.6. The van der Waals surface area contributed by atoms with Crippen LogP contribution in [0.4, 0.5) is 17.1 Å². The van der Waals surface area contributed by atoms with E-state index in [-0.39, 0.29) is 23.0 Å². The predicted molar refractivity (Wildman–Crippen MR) is 116 cm³/mol. The van der Waals surface area contributed by atoms with Crippen LogP contribution < -0.4 is 10.6 Å². The van der Waals surface area contributed by atoms with E-state index in [4.69, 9.17) is 4.42 Å². The summed E-state index contributed by atoms with van der Waals surface area (Å²) in [5.41, 5.74) is 2.24. The van der Waals surface area contributed by atoms with Gasteiger partial charge in [0.25, 0.3) is 17.5 Å². The lowest BCUT2D eigenvalue weighted by Crippen LogP contribution is -2.17. The van der Waals surface area contributed by atoms with Crippen LogP contribution in [0.5, 0.6) is 0 Å². The number of para-hydroxylation sites is 1. The Balaban J connectivity index is 1.67. The molecular weight excluding hydrogens is 398 g/mol. The number of fused-ring (bicyclic) bond motifs is 1. The third-order valence-electron chi connectivity index (χ3n) is 4.77. The summed E-state index contributed by atoms with van der Waals surface area (Å²) < 4.78 is 5.73. The summed E-state index contributed by atoms with van der Waals surface area (Å²) in [6.45, 7) is 1.82. The van der Waals surface area contributed by atoms with Crippen LogP contribution in [-0.2, 0) is 0 Å². The van der Waals surface area contributed by atoms with Crippen LogP contribution in [0.2, 0.25) is 0 Å². The van der Waals surface area contributed by atoms with Gasteiger partial charge in [0.15, 0.2) is 0 Å². The maximum absolute atomic E-state index is 12.9. The largest absolute Gasteiger partial charge is 0.449 e. The molecule has 1 aromatic heterocycles. The van der Waals surface area contributed by atoms with E-state index in [9.17, 15) is 19.7 Å². The first-order valence-corrected chi connectivity index (χ1v) is 9.38. The van der Waals surface area contributed by atoms with E-state index in [2.05, 4.69) is 10.6 Å². The summed E-state index contributed by atoms with van der Waals surface area (Å²) in [6.07, 6.45) is 0. The fraction of sp³-hybridized carbons (Fsp3) is 0.0435. The highest BCUT2D eigenvalue weighted by Gasteiger charge is 2.23. The summed E-state index contributed by atoms with van der Waals surface area (Å²) in [7, 11) is 0. The number of nitro benzene ring substituents is 1. The van der Waals surface area contributed by atoms with Gasteiger partial charge >= 0.3 is 0 Å². The zero-order chi connectivity index (χ0) is 22.0. The molecule has 4 aromatic rings. The molecule has 31 heavy (non-hydrogen) atoms. The van der Waals surface area contributed by atoms with Crippen LogP contribution in [0.1, 0.15) is 26.5 Å². The van der Waals surface area contributed by atoms with Gasteiger partial charge in [-0.25, -0.2) is 0 Å². The number of amides is 2. The Morgan fingerprint density at radius 2 is 1.55 bits per heavy atom. The van der Waals surface area contributed by atoms with E-state index in [1.54, 1.807) is 36.4 Å². The molecule has 0 radical (unpaired) electrons. The average molecular weight is 415 g/mol. The maximum atomic E-state index is 12.9. The number of hydrogen-bond donors (Lipinski definition) is 2. The summed E-state index contributed by atoms with van der Waals surface area (Å²) >= 11 is 0. The minimum Gasteiger partial charge on any atom is -0.449 e. The molecule has 154 valence electrons. The van der Waals surface area contributed by atoms with Crippen molar-refractivity contribution in [1.82, 2.24) is 0 Å².